The molecule has 0 bridgehead atoms. The molecule has 0 fully saturated rings. The molecule has 1 N–H and O–H groups in total. The Morgan fingerprint density at radius 2 is 2.00 bits per heavy atom. The summed E-state index contributed by atoms with van der Waals surface area (Å²) in [6, 6.07) is 0. The molecule has 1 heteroatoms. The van der Waals surface area contributed by atoms with Crippen molar-refractivity contribution in [2.75, 3.05) is 0 Å². The van der Waals surface area contributed by atoms with Gasteiger partial charge in [-0.25, -0.2) is 0 Å². The van der Waals surface area contributed by atoms with Crippen molar-refractivity contribution in [3.05, 3.63) is 23.8 Å². The second-order valence-corrected chi connectivity index (χ2v) is 6.20. The number of hydrogen-bond donors (Lipinski definition) is 1. The summed E-state index contributed by atoms with van der Waals surface area (Å²) < 4.78 is 0. The lowest BCUT2D eigenvalue weighted by atomic mass is 9.67. The maximum atomic E-state index is 9.72. The molecule has 2 aliphatic rings. The van der Waals surface area contributed by atoms with E-state index < -0.39 is 0 Å². The molecule has 90 valence electrons. The molecule has 0 amide bonds. The van der Waals surface area contributed by atoms with Crippen LogP contribution >= 0.6 is 0 Å². The molecule has 0 saturated heterocycles. The van der Waals surface area contributed by atoms with Crippen molar-refractivity contribution >= 4 is 0 Å². The zero-order valence-corrected chi connectivity index (χ0v) is 10.9. The molecule has 0 saturated carbocycles. The van der Waals surface area contributed by atoms with Crippen molar-refractivity contribution in [1.29, 1.82) is 0 Å². The van der Waals surface area contributed by atoms with Crippen LogP contribution in [0.3, 0.4) is 0 Å². The van der Waals surface area contributed by atoms with Crippen LogP contribution in [0.25, 0.3) is 0 Å². The van der Waals surface area contributed by atoms with E-state index in [-0.39, 0.29) is 6.10 Å². The Kier molecular flexibility index (Phi) is 3.00. The molecule has 0 spiro atoms. The van der Waals surface area contributed by atoms with Crippen LogP contribution in [0.1, 0.15) is 40.5 Å². The van der Waals surface area contributed by atoms with Gasteiger partial charge >= 0.3 is 0 Å². The summed E-state index contributed by atoms with van der Waals surface area (Å²) >= 11 is 0. The lowest BCUT2D eigenvalue weighted by molar-refractivity contribution is 0.112. The zero-order valence-electron chi connectivity index (χ0n) is 10.9. The maximum Gasteiger partial charge on any atom is 0.0746 e. The zero-order chi connectivity index (χ0) is 11.9. The molecule has 0 aromatic carbocycles. The summed E-state index contributed by atoms with van der Waals surface area (Å²) in [7, 11) is 0. The normalized spacial score (nSPS) is 42.2. The highest BCUT2D eigenvalue weighted by Crippen LogP contribution is 2.49. The van der Waals surface area contributed by atoms with E-state index in [0.29, 0.717) is 17.3 Å². The van der Waals surface area contributed by atoms with Gasteiger partial charge in [-0.05, 0) is 42.9 Å². The third-order valence-electron chi connectivity index (χ3n) is 4.92. The van der Waals surface area contributed by atoms with E-state index in [1.54, 1.807) is 0 Å². The van der Waals surface area contributed by atoms with Gasteiger partial charge in [-0.2, -0.15) is 0 Å². The number of aliphatic hydroxyl groups is 1. The first-order valence-corrected chi connectivity index (χ1v) is 6.46. The molecule has 0 unspecified atom stereocenters. The topological polar surface area (TPSA) is 20.2 Å². The summed E-state index contributed by atoms with van der Waals surface area (Å²) in [4.78, 5) is 0. The van der Waals surface area contributed by atoms with Gasteiger partial charge in [-0.15, -0.1) is 0 Å². The molecule has 2 aliphatic carbocycles. The van der Waals surface area contributed by atoms with Gasteiger partial charge in [-0.3, -0.25) is 0 Å². The molecule has 1 nitrogen and oxygen atoms in total. The van der Waals surface area contributed by atoms with Gasteiger partial charge in [0.1, 0.15) is 0 Å². The number of aliphatic hydroxyl groups excluding tert-OH is 1. The fourth-order valence-electron chi connectivity index (χ4n) is 3.26. The SMILES string of the molecule is CC1=CC[C@@H]([C@@H]2C=C[C@@H](O)[C@@H](C)C2)C1(C)C. The molecule has 4 atom stereocenters. The second kappa shape index (κ2) is 4.03. The van der Waals surface area contributed by atoms with E-state index in [2.05, 4.69) is 39.8 Å². The summed E-state index contributed by atoms with van der Waals surface area (Å²) in [6.07, 6.45) is 8.76. The Balaban J connectivity index is 2.14. The van der Waals surface area contributed by atoms with Gasteiger partial charge in [0.05, 0.1) is 6.10 Å². The Labute approximate surface area is 99.3 Å². The van der Waals surface area contributed by atoms with Crippen molar-refractivity contribution in [3.63, 3.8) is 0 Å². The van der Waals surface area contributed by atoms with Crippen molar-refractivity contribution in [2.45, 2.75) is 46.6 Å². The van der Waals surface area contributed by atoms with Crippen LogP contribution in [0, 0.1) is 23.2 Å². The first-order chi connectivity index (χ1) is 7.43. The predicted octanol–water partition coefficient (Wildman–Crippen LogP) is 3.55. The van der Waals surface area contributed by atoms with Gasteiger partial charge < -0.3 is 5.11 Å². The lowest BCUT2D eigenvalue weighted by Gasteiger charge is -2.38. The van der Waals surface area contributed by atoms with Gasteiger partial charge in [-0.1, -0.05) is 44.6 Å². The predicted molar refractivity (Wildman–Crippen MR) is 68.1 cm³/mol. The molecule has 2 rings (SSSR count). The van der Waals surface area contributed by atoms with E-state index in [9.17, 15) is 5.11 Å². The van der Waals surface area contributed by atoms with Crippen molar-refractivity contribution in [2.24, 2.45) is 23.2 Å². The Hall–Kier alpha value is -0.560. The monoisotopic (exact) mass is 220 g/mol. The fourth-order valence-corrected chi connectivity index (χ4v) is 3.26. The van der Waals surface area contributed by atoms with E-state index in [4.69, 9.17) is 0 Å². The molecule has 0 aromatic rings. The minimum Gasteiger partial charge on any atom is -0.389 e. The first-order valence-electron chi connectivity index (χ1n) is 6.46. The first kappa shape index (κ1) is 11.9. The Morgan fingerprint density at radius 1 is 1.31 bits per heavy atom. The lowest BCUT2D eigenvalue weighted by Crippen LogP contribution is -2.32. The van der Waals surface area contributed by atoms with Gasteiger partial charge in [0.25, 0.3) is 0 Å². The standard InChI is InChI=1S/C15H24O/c1-10-9-12(6-8-14(10)16)13-7-5-11(2)15(13,3)4/h5-6,8,10,12-14,16H,7,9H2,1-4H3/t10-,12+,13-,14+/m0/s1. The van der Waals surface area contributed by atoms with Crippen LogP contribution in [0.2, 0.25) is 0 Å². The Bertz CT molecular complexity index is 324. The average molecular weight is 220 g/mol. The number of rotatable bonds is 1. The van der Waals surface area contributed by atoms with E-state index in [1.165, 1.54) is 12.0 Å². The minimum absolute atomic E-state index is 0.227. The highest BCUT2D eigenvalue weighted by molar-refractivity contribution is 5.21. The van der Waals surface area contributed by atoms with Crippen LogP contribution in [-0.2, 0) is 0 Å². The van der Waals surface area contributed by atoms with Gasteiger partial charge in [0.15, 0.2) is 0 Å². The molecule has 0 aromatic heterocycles. The van der Waals surface area contributed by atoms with Crippen LogP contribution in [0.5, 0.6) is 0 Å². The average Bonchev–Trinajstić information content (AvgIpc) is 2.47. The number of hydrogen-bond acceptors (Lipinski definition) is 1. The molecule has 0 aliphatic heterocycles. The highest BCUT2D eigenvalue weighted by Gasteiger charge is 2.40. The van der Waals surface area contributed by atoms with E-state index in [1.807, 2.05) is 6.08 Å². The van der Waals surface area contributed by atoms with Crippen LogP contribution in [0.15, 0.2) is 23.8 Å². The van der Waals surface area contributed by atoms with E-state index >= 15 is 0 Å². The summed E-state index contributed by atoms with van der Waals surface area (Å²) in [5, 5.41) is 9.72. The van der Waals surface area contributed by atoms with Crippen LogP contribution < -0.4 is 0 Å². The quantitative estimate of drug-likeness (QED) is 0.670. The third kappa shape index (κ3) is 1.86. The fraction of sp³-hybridized carbons (Fsp3) is 0.733. The van der Waals surface area contributed by atoms with Crippen LogP contribution in [0.4, 0.5) is 0 Å². The minimum atomic E-state index is -0.227. The van der Waals surface area contributed by atoms with Crippen molar-refractivity contribution in [3.8, 4) is 0 Å². The summed E-state index contributed by atoms with van der Waals surface area (Å²) in [5.74, 6) is 1.77. The molecular formula is C15H24O. The summed E-state index contributed by atoms with van der Waals surface area (Å²) in [6.45, 7) is 9.13. The smallest absolute Gasteiger partial charge is 0.0746 e. The molecule has 0 heterocycles. The third-order valence-corrected chi connectivity index (χ3v) is 4.92. The van der Waals surface area contributed by atoms with Crippen LogP contribution in [-0.4, -0.2) is 11.2 Å². The Morgan fingerprint density at radius 3 is 2.50 bits per heavy atom. The molecule has 0 radical (unpaired) electrons. The molecule has 16 heavy (non-hydrogen) atoms. The van der Waals surface area contributed by atoms with Crippen molar-refractivity contribution in [1.82, 2.24) is 0 Å². The molecular weight excluding hydrogens is 196 g/mol. The van der Waals surface area contributed by atoms with E-state index in [0.717, 1.165) is 12.3 Å². The van der Waals surface area contributed by atoms with Gasteiger partial charge in [0, 0.05) is 0 Å². The number of allylic oxidation sites excluding steroid dienone is 3. The highest BCUT2D eigenvalue weighted by atomic mass is 16.3. The maximum absolute atomic E-state index is 9.72. The second-order valence-electron chi connectivity index (χ2n) is 6.20. The van der Waals surface area contributed by atoms with Crippen molar-refractivity contribution < 1.29 is 5.11 Å². The summed E-state index contributed by atoms with van der Waals surface area (Å²) in [5.41, 5.74) is 1.86. The largest absolute Gasteiger partial charge is 0.389 e. The van der Waals surface area contributed by atoms with Gasteiger partial charge in [0.2, 0.25) is 0 Å².